The Hall–Kier alpha value is -4.18. The lowest BCUT2D eigenvalue weighted by molar-refractivity contribution is -0.139. The summed E-state index contributed by atoms with van der Waals surface area (Å²) in [6.07, 6.45) is 1.35. The van der Waals surface area contributed by atoms with Crippen LogP contribution in [0.25, 0.3) is 11.0 Å². The van der Waals surface area contributed by atoms with Gasteiger partial charge in [0.2, 0.25) is 11.8 Å². The molecule has 3 aromatic carbocycles. The molecular formula is C31H32F2N6O2. The van der Waals surface area contributed by atoms with Gasteiger partial charge in [0.15, 0.2) is 0 Å². The van der Waals surface area contributed by atoms with Crippen LogP contribution in [0.5, 0.6) is 0 Å². The topological polar surface area (TPSA) is 92.2 Å². The number of nitrogens with one attached hydrogen (secondary N) is 2. The monoisotopic (exact) mass is 558 g/mol. The summed E-state index contributed by atoms with van der Waals surface area (Å²) in [4.78, 5) is 29.0. The first-order chi connectivity index (χ1) is 19.9. The van der Waals surface area contributed by atoms with Crippen molar-refractivity contribution in [3.8, 4) is 0 Å². The summed E-state index contributed by atoms with van der Waals surface area (Å²) in [5, 5.41) is 14.5. The molecule has 2 aliphatic rings. The van der Waals surface area contributed by atoms with Crippen LogP contribution >= 0.6 is 0 Å². The van der Waals surface area contributed by atoms with Gasteiger partial charge < -0.3 is 15.5 Å². The lowest BCUT2D eigenvalue weighted by Crippen LogP contribution is -2.51. The average Bonchev–Trinajstić information content (AvgIpc) is 3.72. The Morgan fingerprint density at radius 3 is 2.68 bits per heavy atom. The maximum Gasteiger partial charge on any atom is 0.243 e. The quantitative estimate of drug-likeness (QED) is 0.363. The van der Waals surface area contributed by atoms with E-state index < -0.39 is 23.7 Å². The molecule has 6 rings (SSSR count). The molecule has 1 aromatic heterocycles. The van der Waals surface area contributed by atoms with Crippen molar-refractivity contribution in [2.24, 2.45) is 13.0 Å². The third kappa shape index (κ3) is 5.69. The molecule has 2 fully saturated rings. The molecule has 3 heterocycles. The number of carbonyl (C=O) groups is 2. The summed E-state index contributed by atoms with van der Waals surface area (Å²) < 4.78 is 29.6. The highest BCUT2D eigenvalue weighted by atomic mass is 19.1. The molecule has 2 amide bonds. The Morgan fingerprint density at radius 2 is 1.88 bits per heavy atom. The van der Waals surface area contributed by atoms with E-state index in [1.54, 1.807) is 9.58 Å². The van der Waals surface area contributed by atoms with Crippen molar-refractivity contribution in [2.75, 3.05) is 13.1 Å². The Bertz CT molecular complexity index is 1580. The molecule has 4 atom stereocenters. The largest absolute Gasteiger partial charge is 0.350 e. The SMILES string of the molecule is Cn1nnc2cc(CNC(=O)C3CC(Cc4ccc(F)cc4F)CN3C(=O)C3CC(c4ccccc4)CN3)ccc21. The van der Waals surface area contributed by atoms with Crippen LogP contribution < -0.4 is 10.6 Å². The maximum atomic E-state index is 14.5. The molecule has 41 heavy (non-hydrogen) atoms. The number of fused-ring (bicyclic) bond motifs is 1. The van der Waals surface area contributed by atoms with E-state index in [4.69, 9.17) is 0 Å². The first-order valence-electron chi connectivity index (χ1n) is 13.9. The van der Waals surface area contributed by atoms with Crippen LogP contribution in [0, 0.1) is 17.6 Å². The third-order valence-corrected chi connectivity index (χ3v) is 8.34. The number of aryl methyl sites for hydroxylation is 1. The first kappa shape index (κ1) is 27.0. The third-order valence-electron chi connectivity index (χ3n) is 8.34. The lowest BCUT2D eigenvalue weighted by atomic mass is 9.96. The van der Waals surface area contributed by atoms with Gasteiger partial charge in [-0.1, -0.05) is 47.7 Å². The highest BCUT2D eigenvalue weighted by molar-refractivity contribution is 5.90. The fourth-order valence-corrected chi connectivity index (χ4v) is 6.17. The summed E-state index contributed by atoms with van der Waals surface area (Å²) in [7, 11) is 1.82. The van der Waals surface area contributed by atoms with Crippen LogP contribution in [0.3, 0.4) is 0 Å². The van der Waals surface area contributed by atoms with E-state index in [0.717, 1.165) is 22.7 Å². The van der Waals surface area contributed by atoms with Gasteiger partial charge in [0.05, 0.1) is 11.6 Å². The summed E-state index contributed by atoms with van der Waals surface area (Å²) in [5.41, 5.74) is 4.05. The second-order valence-corrected chi connectivity index (χ2v) is 11.1. The molecule has 4 unspecified atom stereocenters. The number of benzene rings is 3. The number of rotatable bonds is 7. The van der Waals surface area contributed by atoms with E-state index in [1.165, 1.54) is 17.7 Å². The van der Waals surface area contributed by atoms with Gasteiger partial charge in [0, 0.05) is 32.7 Å². The molecule has 8 nitrogen and oxygen atoms in total. The molecule has 4 aromatic rings. The number of aromatic nitrogens is 3. The smallest absolute Gasteiger partial charge is 0.243 e. The fourth-order valence-electron chi connectivity index (χ4n) is 6.17. The highest BCUT2D eigenvalue weighted by Crippen LogP contribution is 2.32. The molecule has 2 aliphatic heterocycles. The molecule has 0 spiro atoms. The second-order valence-electron chi connectivity index (χ2n) is 11.1. The van der Waals surface area contributed by atoms with E-state index in [9.17, 15) is 18.4 Å². The molecule has 10 heteroatoms. The van der Waals surface area contributed by atoms with Crippen molar-refractivity contribution in [1.82, 2.24) is 30.5 Å². The fraction of sp³-hybridized carbons (Fsp3) is 0.355. The molecule has 0 radical (unpaired) electrons. The minimum atomic E-state index is -0.686. The summed E-state index contributed by atoms with van der Waals surface area (Å²) in [6, 6.07) is 18.2. The number of hydrogen-bond acceptors (Lipinski definition) is 5. The molecular weight excluding hydrogens is 526 g/mol. The molecule has 0 saturated carbocycles. The van der Waals surface area contributed by atoms with Crippen LogP contribution in [-0.4, -0.2) is 56.9 Å². The minimum Gasteiger partial charge on any atom is -0.350 e. The molecule has 2 saturated heterocycles. The number of nitrogens with zero attached hydrogens (tertiary/aromatic N) is 4. The predicted molar refractivity (Wildman–Crippen MR) is 150 cm³/mol. The Morgan fingerprint density at radius 1 is 1.05 bits per heavy atom. The Balaban J connectivity index is 1.17. The van der Waals surface area contributed by atoms with Crippen molar-refractivity contribution in [3.63, 3.8) is 0 Å². The van der Waals surface area contributed by atoms with Gasteiger partial charge in [-0.3, -0.25) is 9.59 Å². The van der Waals surface area contributed by atoms with E-state index in [0.29, 0.717) is 37.9 Å². The van der Waals surface area contributed by atoms with Crippen molar-refractivity contribution in [2.45, 2.75) is 43.8 Å². The molecule has 212 valence electrons. The Kier molecular flexibility index (Phi) is 7.49. The normalized spacial score (nSPS) is 22.4. The van der Waals surface area contributed by atoms with Crippen LogP contribution in [0.4, 0.5) is 8.78 Å². The average molecular weight is 559 g/mol. The number of halogens is 2. The van der Waals surface area contributed by atoms with Crippen molar-refractivity contribution in [1.29, 1.82) is 0 Å². The van der Waals surface area contributed by atoms with Gasteiger partial charge in [-0.15, -0.1) is 5.10 Å². The van der Waals surface area contributed by atoms with Crippen molar-refractivity contribution < 1.29 is 18.4 Å². The predicted octanol–water partition coefficient (Wildman–Crippen LogP) is 3.47. The molecule has 0 bridgehead atoms. The van der Waals surface area contributed by atoms with Gasteiger partial charge in [-0.05, 0) is 66.0 Å². The van der Waals surface area contributed by atoms with E-state index in [-0.39, 0.29) is 30.2 Å². The van der Waals surface area contributed by atoms with Crippen molar-refractivity contribution >= 4 is 22.8 Å². The standard InChI is InChI=1S/C31H32F2N6O2/c1-38-28-10-7-19(12-26(28)36-37-38)16-35-30(40)29-13-20(11-22-8-9-24(32)15-25(22)33)18-39(29)31(41)27-14-23(17-34-27)21-5-3-2-4-6-21/h2-10,12,15,20,23,27,29,34H,11,13-14,16-18H2,1H3,(H,35,40). The van der Waals surface area contributed by atoms with E-state index in [1.807, 2.05) is 43.4 Å². The van der Waals surface area contributed by atoms with Gasteiger partial charge in [-0.25, -0.2) is 13.5 Å². The highest BCUT2D eigenvalue weighted by Gasteiger charge is 2.43. The zero-order valence-corrected chi connectivity index (χ0v) is 22.8. The van der Waals surface area contributed by atoms with Crippen LogP contribution in [0.15, 0.2) is 66.7 Å². The van der Waals surface area contributed by atoms with Gasteiger partial charge in [-0.2, -0.15) is 0 Å². The first-order valence-corrected chi connectivity index (χ1v) is 13.9. The van der Waals surface area contributed by atoms with E-state index in [2.05, 4.69) is 33.1 Å². The number of hydrogen-bond donors (Lipinski definition) is 2. The maximum absolute atomic E-state index is 14.5. The van der Waals surface area contributed by atoms with E-state index >= 15 is 0 Å². The summed E-state index contributed by atoms with van der Waals surface area (Å²) >= 11 is 0. The summed E-state index contributed by atoms with van der Waals surface area (Å²) in [5.74, 6) is -1.55. The zero-order valence-electron chi connectivity index (χ0n) is 22.8. The summed E-state index contributed by atoms with van der Waals surface area (Å²) in [6.45, 7) is 1.28. The van der Waals surface area contributed by atoms with Gasteiger partial charge in [0.25, 0.3) is 0 Å². The van der Waals surface area contributed by atoms with Crippen molar-refractivity contribution in [3.05, 3.63) is 95.1 Å². The number of likely N-dealkylation sites (tertiary alicyclic amines) is 1. The number of carbonyl (C=O) groups excluding carboxylic acids is 2. The number of amides is 2. The Labute approximate surface area is 236 Å². The van der Waals surface area contributed by atoms with Crippen LogP contribution in [0.1, 0.15) is 35.4 Å². The van der Waals surface area contributed by atoms with Gasteiger partial charge in [0.1, 0.15) is 23.2 Å². The van der Waals surface area contributed by atoms with Gasteiger partial charge >= 0.3 is 0 Å². The van der Waals surface area contributed by atoms with Crippen LogP contribution in [-0.2, 0) is 29.6 Å². The zero-order chi connectivity index (χ0) is 28.5. The molecule has 0 aliphatic carbocycles. The molecule has 2 N–H and O–H groups in total. The lowest BCUT2D eigenvalue weighted by Gasteiger charge is -2.27. The van der Waals surface area contributed by atoms with Crippen LogP contribution in [0.2, 0.25) is 0 Å². The minimum absolute atomic E-state index is 0.119. The second kappa shape index (κ2) is 11.4.